The summed E-state index contributed by atoms with van der Waals surface area (Å²) in [5.74, 6) is -0.178. The number of H-pyrrole nitrogens is 2. The van der Waals surface area contributed by atoms with Crippen molar-refractivity contribution in [2.75, 3.05) is 5.32 Å². The summed E-state index contributed by atoms with van der Waals surface area (Å²) < 4.78 is 0. The molecule has 0 spiro atoms. The van der Waals surface area contributed by atoms with E-state index < -0.39 is 0 Å². The molecule has 0 fully saturated rings. The predicted molar refractivity (Wildman–Crippen MR) is 62.6 cm³/mol. The van der Waals surface area contributed by atoms with Crippen LogP contribution in [0.3, 0.4) is 0 Å². The molecule has 1 amide bonds. The van der Waals surface area contributed by atoms with Crippen molar-refractivity contribution in [3.63, 3.8) is 0 Å². The lowest BCUT2D eigenvalue weighted by Gasteiger charge is -2.01. The molecule has 0 saturated heterocycles. The molecule has 0 aliphatic rings. The van der Waals surface area contributed by atoms with Crippen LogP contribution < -0.4 is 5.32 Å². The summed E-state index contributed by atoms with van der Waals surface area (Å²) in [6.07, 6.45) is 4.77. The van der Waals surface area contributed by atoms with Crippen molar-refractivity contribution in [2.24, 2.45) is 0 Å². The highest BCUT2D eigenvalue weighted by Crippen LogP contribution is 2.13. The van der Waals surface area contributed by atoms with Crippen LogP contribution >= 0.6 is 0 Å². The maximum absolute atomic E-state index is 11.9. The summed E-state index contributed by atoms with van der Waals surface area (Å²) in [5, 5.41) is 9.11. The number of hydrogen-bond acceptors (Lipinski definition) is 3. The van der Waals surface area contributed by atoms with Crippen molar-refractivity contribution < 1.29 is 4.79 Å². The maximum Gasteiger partial charge on any atom is 0.255 e. The molecule has 0 bridgehead atoms. The molecule has 0 atom stereocenters. The SMILES string of the molecule is O=C(Nc1cn[nH]c1)c1ccc2nc[nH]c2c1. The van der Waals surface area contributed by atoms with Gasteiger partial charge in [-0.25, -0.2) is 4.98 Å². The van der Waals surface area contributed by atoms with E-state index in [0.29, 0.717) is 11.3 Å². The highest BCUT2D eigenvalue weighted by atomic mass is 16.1. The van der Waals surface area contributed by atoms with E-state index in [9.17, 15) is 4.79 Å². The number of nitrogens with zero attached hydrogens (tertiary/aromatic N) is 2. The smallest absolute Gasteiger partial charge is 0.255 e. The Kier molecular flexibility index (Phi) is 2.11. The zero-order valence-electron chi connectivity index (χ0n) is 8.77. The van der Waals surface area contributed by atoms with Crippen LogP contribution in [-0.2, 0) is 0 Å². The number of amides is 1. The van der Waals surface area contributed by atoms with Gasteiger partial charge in [0, 0.05) is 11.8 Å². The molecule has 0 unspecified atom stereocenters. The van der Waals surface area contributed by atoms with E-state index in [2.05, 4.69) is 25.5 Å². The van der Waals surface area contributed by atoms with Crippen LogP contribution in [-0.4, -0.2) is 26.1 Å². The highest BCUT2D eigenvalue weighted by Gasteiger charge is 2.07. The first-order valence-corrected chi connectivity index (χ1v) is 5.06. The Hall–Kier alpha value is -2.63. The van der Waals surface area contributed by atoms with Gasteiger partial charge in [0.05, 0.1) is 29.2 Å². The van der Waals surface area contributed by atoms with Crippen molar-refractivity contribution in [3.05, 3.63) is 42.5 Å². The van der Waals surface area contributed by atoms with Crippen LogP contribution in [0.15, 0.2) is 36.9 Å². The third-order valence-electron chi connectivity index (χ3n) is 2.44. The highest BCUT2D eigenvalue weighted by molar-refractivity contribution is 6.05. The number of fused-ring (bicyclic) bond motifs is 1. The Labute approximate surface area is 96.1 Å². The molecule has 3 rings (SSSR count). The predicted octanol–water partition coefficient (Wildman–Crippen LogP) is 1.54. The van der Waals surface area contributed by atoms with Gasteiger partial charge in [-0.05, 0) is 18.2 Å². The Morgan fingerprint density at radius 2 is 2.29 bits per heavy atom. The second-order valence-corrected chi connectivity index (χ2v) is 3.58. The zero-order valence-corrected chi connectivity index (χ0v) is 8.77. The van der Waals surface area contributed by atoms with Crippen LogP contribution in [0.2, 0.25) is 0 Å². The van der Waals surface area contributed by atoms with Crippen molar-refractivity contribution in [1.82, 2.24) is 20.2 Å². The van der Waals surface area contributed by atoms with E-state index in [1.54, 1.807) is 36.9 Å². The van der Waals surface area contributed by atoms with Gasteiger partial charge in [-0.1, -0.05) is 0 Å². The average molecular weight is 227 g/mol. The molecule has 17 heavy (non-hydrogen) atoms. The lowest BCUT2D eigenvalue weighted by atomic mass is 10.2. The van der Waals surface area contributed by atoms with Gasteiger partial charge in [-0.2, -0.15) is 5.10 Å². The summed E-state index contributed by atoms with van der Waals surface area (Å²) in [4.78, 5) is 18.9. The van der Waals surface area contributed by atoms with E-state index >= 15 is 0 Å². The summed E-state index contributed by atoms with van der Waals surface area (Å²) in [7, 11) is 0. The molecular formula is C11H9N5O. The number of carbonyl (C=O) groups is 1. The van der Waals surface area contributed by atoms with Crippen molar-refractivity contribution in [1.29, 1.82) is 0 Å². The third kappa shape index (κ3) is 1.76. The van der Waals surface area contributed by atoms with E-state index in [1.165, 1.54) is 0 Å². The number of nitrogens with one attached hydrogen (secondary N) is 3. The topological polar surface area (TPSA) is 86.5 Å². The number of aromatic amines is 2. The van der Waals surface area contributed by atoms with E-state index in [0.717, 1.165) is 11.0 Å². The third-order valence-corrected chi connectivity index (χ3v) is 2.44. The molecule has 84 valence electrons. The minimum Gasteiger partial charge on any atom is -0.345 e. The van der Waals surface area contributed by atoms with Gasteiger partial charge in [0.2, 0.25) is 0 Å². The molecule has 0 aliphatic carbocycles. The molecule has 2 aromatic heterocycles. The van der Waals surface area contributed by atoms with E-state index in [1.807, 2.05) is 0 Å². The Bertz CT molecular complexity index is 655. The summed E-state index contributed by atoms with van der Waals surface area (Å²) >= 11 is 0. The van der Waals surface area contributed by atoms with Crippen molar-refractivity contribution in [3.8, 4) is 0 Å². The first kappa shape index (κ1) is 9.59. The molecule has 1 aromatic carbocycles. The maximum atomic E-state index is 11.9. The van der Waals surface area contributed by atoms with Gasteiger partial charge in [0.1, 0.15) is 0 Å². The number of anilines is 1. The quantitative estimate of drug-likeness (QED) is 0.620. The summed E-state index contributed by atoms with van der Waals surface area (Å²) in [6.45, 7) is 0. The van der Waals surface area contributed by atoms with Crippen LogP contribution in [0.5, 0.6) is 0 Å². The number of aromatic nitrogens is 4. The van der Waals surface area contributed by atoms with Crippen molar-refractivity contribution in [2.45, 2.75) is 0 Å². The molecule has 3 aromatic rings. The lowest BCUT2D eigenvalue weighted by molar-refractivity contribution is 0.102. The fourth-order valence-corrected chi connectivity index (χ4v) is 1.60. The summed E-state index contributed by atoms with van der Waals surface area (Å²) in [6, 6.07) is 5.30. The Balaban J connectivity index is 1.90. The van der Waals surface area contributed by atoms with Crippen LogP contribution in [0, 0.1) is 0 Å². The molecule has 6 nitrogen and oxygen atoms in total. The van der Waals surface area contributed by atoms with Gasteiger partial charge in [0.25, 0.3) is 5.91 Å². The van der Waals surface area contributed by atoms with Gasteiger partial charge in [0.15, 0.2) is 0 Å². The minimum absolute atomic E-state index is 0.178. The average Bonchev–Trinajstić information content (AvgIpc) is 2.97. The normalized spacial score (nSPS) is 10.6. The van der Waals surface area contributed by atoms with Crippen LogP contribution in [0.1, 0.15) is 10.4 Å². The minimum atomic E-state index is -0.178. The van der Waals surface area contributed by atoms with Crippen LogP contribution in [0.25, 0.3) is 11.0 Å². The number of imidazole rings is 1. The fourth-order valence-electron chi connectivity index (χ4n) is 1.60. The molecule has 0 saturated carbocycles. The molecule has 0 radical (unpaired) electrons. The number of hydrogen-bond donors (Lipinski definition) is 3. The standard InChI is InChI=1S/C11H9N5O/c17-11(16-8-4-14-15-5-8)7-1-2-9-10(3-7)13-6-12-9/h1-6H,(H,12,13)(H,14,15)(H,16,17). The van der Waals surface area contributed by atoms with Gasteiger partial charge < -0.3 is 10.3 Å². The fraction of sp³-hybridized carbons (Fsp3) is 0. The van der Waals surface area contributed by atoms with Gasteiger partial charge in [-0.15, -0.1) is 0 Å². The Morgan fingerprint density at radius 1 is 1.35 bits per heavy atom. The molecule has 6 heteroatoms. The van der Waals surface area contributed by atoms with E-state index in [-0.39, 0.29) is 5.91 Å². The first-order valence-electron chi connectivity index (χ1n) is 5.06. The lowest BCUT2D eigenvalue weighted by Crippen LogP contribution is -2.11. The largest absolute Gasteiger partial charge is 0.345 e. The second-order valence-electron chi connectivity index (χ2n) is 3.58. The summed E-state index contributed by atoms with van der Waals surface area (Å²) in [5.41, 5.74) is 2.89. The molecular weight excluding hydrogens is 218 g/mol. The molecule has 2 heterocycles. The van der Waals surface area contributed by atoms with Crippen LogP contribution in [0.4, 0.5) is 5.69 Å². The molecule has 3 N–H and O–H groups in total. The zero-order chi connectivity index (χ0) is 11.7. The van der Waals surface area contributed by atoms with Gasteiger partial charge >= 0.3 is 0 Å². The van der Waals surface area contributed by atoms with E-state index in [4.69, 9.17) is 0 Å². The number of rotatable bonds is 2. The number of benzene rings is 1. The second kappa shape index (κ2) is 3.75. The van der Waals surface area contributed by atoms with Crippen molar-refractivity contribution >= 4 is 22.6 Å². The first-order chi connectivity index (χ1) is 8.33. The Morgan fingerprint density at radius 3 is 3.12 bits per heavy atom. The number of carbonyl (C=O) groups excluding carboxylic acids is 1. The molecule has 0 aliphatic heterocycles. The van der Waals surface area contributed by atoms with Gasteiger partial charge in [-0.3, -0.25) is 9.89 Å². The monoisotopic (exact) mass is 227 g/mol.